The Kier molecular flexibility index (Phi) is 5.01. The van der Waals surface area contributed by atoms with E-state index in [0.29, 0.717) is 6.42 Å². The number of amides is 1. The summed E-state index contributed by atoms with van der Waals surface area (Å²) in [6, 6.07) is 7.88. The molecule has 0 aromatic heterocycles. The van der Waals surface area contributed by atoms with Crippen LogP contribution in [0.2, 0.25) is 0 Å². The third-order valence-corrected chi connectivity index (χ3v) is 4.01. The van der Waals surface area contributed by atoms with Crippen LogP contribution < -0.4 is 10.5 Å². The summed E-state index contributed by atoms with van der Waals surface area (Å²) in [5, 5.41) is 0. The highest BCUT2D eigenvalue weighted by Crippen LogP contribution is 2.23. The van der Waals surface area contributed by atoms with Crippen LogP contribution in [0.3, 0.4) is 0 Å². The Morgan fingerprint density at radius 3 is 2.90 bits per heavy atom. The van der Waals surface area contributed by atoms with Crippen LogP contribution in [0.15, 0.2) is 24.3 Å². The number of hydrogen-bond acceptors (Lipinski definition) is 3. The number of benzene rings is 1. The van der Waals surface area contributed by atoms with Gasteiger partial charge in [-0.1, -0.05) is 18.2 Å². The smallest absolute Gasteiger partial charge is 0.227 e. The van der Waals surface area contributed by atoms with Gasteiger partial charge in [0.25, 0.3) is 0 Å². The van der Waals surface area contributed by atoms with Crippen molar-refractivity contribution < 1.29 is 9.53 Å². The number of likely N-dealkylation sites (tertiary alicyclic amines) is 1. The molecule has 0 aliphatic carbocycles. The second-order valence-electron chi connectivity index (χ2n) is 5.50. The molecule has 2 atom stereocenters. The molecule has 2 rings (SSSR count). The topological polar surface area (TPSA) is 55.6 Å². The number of hydrogen-bond donors (Lipinski definition) is 1. The van der Waals surface area contributed by atoms with Crippen LogP contribution in [0.25, 0.3) is 0 Å². The monoisotopic (exact) mass is 276 g/mol. The zero-order valence-electron chi connectivity index (χ0n) is 12.3. The average Bonchev–Trinajstić information content (AvgIpc) is 2.47. The van der Waals surface area contributed by atoms with E-state index in [1.807, 2.05) is 36.1 Å². The lowest BCUT2D eigenvalue weighted by Gasteiger charge is -2.38. The fourth-order valence-corrected chi connectivity index (χ4v) is 2.93. The van der Waals surface area contributed by atoms with E-state index in [2.05, 4.69) is 0 Å². The fourth-order valence-electron chi connectivity index (χ4n) is 2.93. The van der Waals surface area contributed by atoms with Gasteiger partial charge in [-0.25, -0.2) is 0 Å². The Labute approximate surface area is 120 Å². The number of ether oxygens (including phenoxy) is 1. The van der Waals surface area contributed by atoms with E-state index in [-0.39, 0.29) is 18.0 Å². The normalized spacial score (nSPS) is 20.6. The van der Waals surface area contributed by atoms with E-state index in [1.54, 1.807) is 7.11 Å². The SMILES string of the molecule is COc1ccccc1CC(=O)N1CCCCC1C(C)N. The summed E-state index contributed by atoms with van der Waals surface area (Å²) in [7, 11) is 1.63. The quantitative estimate of drug-likeness (QED) is 0.914. The number of nitrogens with two attached hydrogens (primary N) is 1. The standard InChI is InChI=1S/C16H24N2O2/c1-12(17)14-8-5-6-10-18(14)16(19)11-13-7-3-4-9-15(13)20-2/h3-4,7,9,12,14H,5-6,8,10-11,17H2,1-2H3. The van der Waals surface area contributed by atoms with E-state index in [4.69, 9.17) is 10.5 Å². The number of para-hydroxylation sites is 1. The van der Waals surface area contributed by atoms with Gasteiger partial charge in [0.1, 0.15) is 5.75 Å². The summed E-state index contributed by atoms with van der Waals surface area (Å²) >= 11 is 0. The third kappa shape index (κ3) is 3.31. The molecule has 1 aliphatic heterocycles. The molecule has 0 saturated carbocycles. The van der Waals surface area contributed by atoms with Crippen LogP contribution in [0, 0.1) is 0 Å². The second-order valence-corrected chi connectivity index (χ2v) is 5.50. The summed E-state index contributed by atoms with van der Waals surface area (Å²) in [6.07, 6.45) is 3.62. The Morgan fingerprint density at radius 1 is 1.45 bits per heavy atom. The number of carbonyl (C=O) groups is 1. The number of nitrogens with zero attached hydrogens (tertiary/aromatic N) is 1. The van der Waals surface area contributed by atoms with Gasteiger partial charge in [-0.15, -0.1) is 0 Å². The Bertz CT molecular complexity index is 460. The maximum absolute atomic E-state index is 12.6. The molecule has 1 fully saturated rings. The first-order valence-electron chi connectivity index (χ1n) is 7.30. The highest BCUT2D eigenvalue weighted by atomic mass is 16.5. The minimum Gasteiger partial charge on any atom is -0.496 e. The van der Waals surface area contributed by atoms with Crippen LogP contribution in [0.4, 0.5) is 0 Å². The first-order chi connectivity index (χ1) is 9.63. The molecule has 4 heteroatoms. The summed E-state index contributed by atoms with van der Waals surface area (Å²) in [4.78, 5) is 14.5. The molecule has 110 valence electrons. The van der Waals surface area contributed by atoms with Gasteiger partial charge in [-0.3, -0.25) is 4.79 Å². The van der Waals surface area contributed by atoms with Gasteiger partial charge in [-0.05, 0) is 32.3 Å². The van der Waals surface area contributed by atoms with Crippen molar-refractivity contribution in [2.45, 2.75) is 44.7 Å². The van der Waals surface area contributed by atoms with Gasteiger partial charge in [0.15, 0.2) is 0 Å². The minimum atomic E-state index is 0.0249. The Morgan fingerprint density at radius 2 is 2.20 bits per heavy atom. The van der Waals surface area contributed by atoms with Crippen LogP contribution in [-0.4, -0.2) is 36.5 Å². The lowest BCUT2D eigenvalue weighted by atomic mass is 9.96. The number of methoxy groups -OCH3 is 1. The summed E-state index contributed by atoms with van der Waals surface area (Å²) in [5.41, 5.74) is 6.97. The van der Waals surface area contributed by atoms with E-state index >= 15 is 0 Å². The second kappa shape index (κ2) is 6.75. The third-order valence-electron chi connectivity index (χ3n) is 4.01. The van der Waals surface area contributed by atoms with E-state index in [9.17, 15) is 4.79 Å². The Hall–Kier alpha value is -1.55. The van der Waals surface area contributed by atoms with Crippen molar-refractivity contribution >= 4 is 5.91 Å². The van der Waals surface area contributed by atoms with Gasteiger partial charge >= 0.3 is 0 Å². The number of piperidine rings is 1. The van der Waals surface area contributed by atoms with Crippen molar-refractivity contribution in [1.29, 1.82) is 0 Å². The van der Waals surface area contributed by atoms with Crippen LogP contribution in [-0.2, 0) is 11.2 Å². The highest BCUT2D eigenvalue weighted by Gasteiger charge is 2.29. The number of carbonyl (C=O) groups excluding carboxylic acids is 1. The molecule has 0 radical (unpaired) electrons. The molecule has 4 nitrogen and oxygen atoms in total. The molecule has 0 bridgehead atoms. The molecular weight excluding hydrogens is 252 g/mol. The largest absolute Gasteiger partial charge is 0.496 e. The van der Waals surface area contributed by atoms with Gasteiger partial charge in [0, 0.05) is 24.2 Å². The summed E-state index contributed by atoms with van der Waals surface area (Å²) in [5.74, 6) is 0.923. The lowest BCUT2D eigenvalue weighted by Crippen LogP contribution is -2.52. The fraction of sp³-hybridized carbons (Fsp3) is 0.562. The molecule has 1 heterocycles. The molecule has 1 aliphatic rings. The zero-order valence-corrected chi connectivity index (χ0v) is 12.3. The van der Waals surface area contributed by atoms with Crippen LogP contribution in [0.5, 0.6) is 5.75 Å². The van der Waals surface area contributed by atoms with Crippen molar-refractivity contribution in [2.24, 2.45) is 5.73 Å². The lowest BCUT2D eigenvalue weighted by molar-refractivity contribution is -0.134. The van der Waals surface area contributed by atoms with E-state index < -0.39 is 0 Å². The number of rotatable bonds is 4. The van der Waals surface area contributed by atoms with Crippen molar-refractivity contribution in [2.75, 3.05) is 13.7 Å². The first-order valence-corrected chi connectivity index (χ1v) is 7.30. The van der Waals surface area contributed by atoms with Gasteiger partial charge in [0.2, 0.25) is 5.91 Å². The van der Waals surface area contributed by atoms with Crippen LogP contribution in [0.1, 0.15) is 31.7 Å². The molecule has 1 saturated heterocycles. The van der Waals surface area contributed by atoms with E-state index in [0.717, 1.165) is 37.1 Å². The maximum Gasteiger partial charge on any atom is 0.227 e. The molecule has 1 amide bonds. The predicted octanol–water partition coefficient (Wildman–Crippen LogP) is 1.97. The highest BCUT2D eigenvalue weighted by molar-refractivity contribution is 5.80. The first kappa shape index (κ1) is 14.9. The van der Waals surface area contributed by atoms with Crippen molar-refractivity contribution in [3.05, 3.63) is 29.8 Å². The van der Waals surface area contributed by atoms with Crippen molar-refractivity contribution in [1.82, 2.24) is 4.90 Å². The van der Waals surface area contributed by atoms with Gasteiger partial charge < -0.3 is 15.4 Å². The summed E-state index contributed by atoms with van der Waals surface area (Å²) in [6.45, 7) is 2.81. The van der Waals surface area contributed by atoms with Crippen molar-refractivity contribution in [3.63, 3.8) is 0 Å². The molecule has 1 aromatic rings. The van der Waals surface area contributed by atoms with Crippen molar-refractivity contribution in [3.8, 4) is 5.75 Å². The molecule has 2 unspecified atom stereocenters. The predicted molar refractivity (Wildman–Crippen MR) is 79.7 cm³/mol. The molecule has 2 N–H and O–H groups in total. The molecule has 20 heavy (non-hydrogen) atoms. The van der Waals surface area contributed by atoms with Gasteiger partial charge in [-0.2, -0.15) is 0 Å². The maximum atomic E-state index is 12.6. The van der Waals surface area contributed by atoms with Gasteiger partial charge in [0.05, 0.1) is 13.5 Å². The molecular formula is C16H24N2O2. The zero-order chi connectivity index (χ0) is 14.5. The summed E-state index contributed by atoms with van der Waals surface area (Å²) < 4.78 is 5.31. The average molecular weight is 276 g/mol. The molecule has 1 aromatic carbocycles. The Balaban J connectivity index is 2.10. The van der Waals surface area contributed by atoms with E-state index in [1.165, 1.54) is 0 Å². The molecule has 0 spiro atoms. The van der Waals surface area contributed by atoms with Crippen LogP contribution >= 0.6 is 0 Å². The minimum absolute atomic E-state index is 0.0249.